The highest BCUT2D eigenvalue weighted by atomic mass is 19.3. The first-order chi connectivity index (χ1) is 15.7. The van der Waals surface area contributed by atoms with Gasteiger partial charge >= 0.3 is 6.29 Å². The van der Waals surface area contributed by atoms with E-state index in [2.05, 4.69) is 14.8 Å². The molecule has 0 unspecified atom stereocenters. The first-order valence-corrected chi connectivity index (χ1v) is 10.9. The molecule has 1 aliphatic carbocycles. The van der Waals surface area contributed by atoms with Crippen LogP contribution in [-0.2, 0) is 23.2 Å². The van der Waals surface area contributed by atoms with Crippen molar-refractivity contribution in [3.05, 3.63) is 53.7 Å². The number of amides is 1. The first-order valence-electron chi connectivity index (χ1n) is 10.9. The van der Waals surface area contributed by atoms with Crippen molar-refractivity contribution < 1.29 is 37.5 Å². The number of rotatable bonds is 7. The van der Waals surface area contributed by atoms with Crippen LogP contribution in [-0.4, -0.2) is 39.7 Å². The number of nitrogens with zero attached hydrogens (tertiary/aromatic N) is 1. The summed E-state index contributed by atoms with van der Waals surface area (Å²) in [6.45, 7) is 1.97. The van der Waals surface area contributed by atoms with Crippen LogP contribution in [0, 0.1) is 0 Å². The molecule has 5 rings (SSSR count). The lowest BCUT2D eigenvalue weighted by molar-refractivity contribution is -0.286. The van der Waals surface area contributed by atoms with Gasteiger partial charge in [0.05, 0.1) is 24.7 Å². The SMILES string of the molecule is CCc1cc2cc(NC(=O)C3(c4ccc5c(c4)OC(F)(F)O5)CC3)ccc2n1C[C@H](O)CO.[HH].[HH].[HH]. The molecule has 0 radical (unpaired) electrons. The fourth-order valence-corrected chi connectivity index (χ4v) is 4.45. The molecule has 1 amide bonds. The fourth-order valence-electron chi connectivity index (χ4n) is 4.45. The molecule has 1 atom stereocenters. The molecule has 7 nitrogen and oxygen atoms in total. The Hall–Kier alpha value is -3.17. The maximum absolute atomic E-state index is 13.3. The number of hydrogen-bond donors (Lipinski definition) is 3. The predicted molar refractivity (Wildman–Crippen MR) is 123 cm³/mol. The zero-order valence-corrected chi connectivity index (χ0v) is 18.0. The van der Waals surface area contributed by atoms with E-state index in [0.717, 1.165) is 23.0 Å². The second-order valence-corrected chi connectivity index (χ2v) is 8.58. The van der Waals surface area contributed by atoms with Crippen LogP contribution in [0.4, 0.5) is 14.5 Å². The Kier molecular flexibility index (Phi) is 5.06. The van der Waals surface area contributed by atoms with Crippen LogP contribution in [0.1, 0.15) is 35.3 Å². The summed E-state index contributed by atoms with van der Waals surface area (Å²) in [5.41, 5.74) is 2.34. The Balaban J connectivity index is 0.00000152. The van der Waals surface area contributed by atoms with E-state index < -0.39 is 17.8 Å². The summed E-state index contributed by atoms with van der Waals surface area (Å²) in [5, 5.41) is 23.0. The summed E-state index contributed by atoms with van der Waals surface area (Å²) in [7, 11) is 0. The molecule has 9 heteroatoms. The summed E-state index contributed by atoms with van der Waals surface area (Å²) in [6, 6.07) is 12.0. The Labute approximate surface area is 193 Å². The lowest BCUT2D eigenvalue weighted by atomic mass is 9.94. The van der Waals surface area contributed by atoms with E-state index in [1.54, 1.807) is 12.1 Å². The minimum absolute atomic E-state index is 0. The van der Waals surface area contributed by atoms with Crippen molar-refractivity contribution in [3.63, 3.8) is 0 Å². The lowest BCUT2D eigenvalue weighted by Crippen LogP contribution is -2.28. The second kappa shape index (κ2) is 7.71. The molecule has 3 aromatic rings. The number of hydrogen-bond acceptors (Lipinski definition) is 5. The normalized spacial score (nSPS) is 18.3. The number of fused-ring (bicyclic) bond motifs is 2. The molecule has 1 fully saturated rings. The maximum atomic E-state index is 13.3. The number of carbonyl (C=O) groups excluding carboxylic acids is 1. The summed E-state index contributed by atoms with van der Waals surface area (Å²) < 4.78 is 37.6. The van der Waals surface area contributed by atoms with E-state index in [1.807, 2.05) is 29.7 Å². The summed E-state index contributed by atoms with van der Waals surface area (Å²) in [5.74, 6) is -0.331. The fraction of sp³-hybridized carbons (Fsp3) is 0.375. The topological polar surface area (TPSA) is 93.0 Å². The maximum Gasteiger partial charge on any atom is 0.586 e. The molecule has 33 heavy (non-hydrogen) atoms. The Morgan fingerprint density at radius 3 is 2.64 bits per heavy atom. The van der Waals surface area contributed by atoms with E-state index in [-0.39, 0.29) is 34.8 Å². The molecular weight excluding hydrogens is 434 g/mol. The number of nitrogens with one attached hydrogen (secondary N) is 1. The molecule has 180 valence electrons. The number of aryl methyl sites for hydroxylation is 1. The molecule has 2 aromatic carbocycles. The third kappa shape index (κ3) is 3.81. The number of benzene rings is 2. The quantitative estimate of drug-likeness (QED) is 0.485. The van der Waals surface area contributed by atoms with Gasteiger partial charge in [0, 0.05) is 26.6 Å². The van der Waals surface area contributed by atoms with E-state index in [1.165, 1.54) is 12.1 Å². The summed E-state index contributed by atoms with van der Waals surface area (Å²) in [4.78, 5) is 13.2. The lowest BCUT2D eigenvalue weighted by Gasteiger charge is -2.17. The van der Waals surface area contributed by atoms with Gasteiger partial charge in [0.15, 0.2) is 11.5 Å². The van der Waals surface area contributed by atoms with Crippen molar-refractivity contribution in [2.75, 3.05) is 11.9 Å². The van der Waals surface area contributed by atoms with Crippen LogP contribution in [0.15, 0.2) is 42.5 Å². The second-order valence-electron chi connectivity index (χ2n) is 8.58. The summed E-state index contributed by atoms with van der Waals surface area (Å²) >= 11 is 0. The smallest absolute Gasteiger partial charge is 0.395 e. The highest BCUT2D eigenvalue weighted by molar-refractivity contribution is 6.02. The molecule has 3 N–H and O–H groups in total. The summed E-state index contributed by atoms with van der Waals surface area (Å²) in [6.07, 6.45) is -2.60. The molecule has 1 aromatic heterocycles. The highest BCUT2D eigenvalue weighted by Crippen LogP contribution is 2.52. The van der Waals surface area contributed by atoms with Crippen LogP contribution in [0.5, 0.6) is 11.5 Å². The van der Waals surface area contributed by atoms with Gasteiger partial charge in [-0.1, -0.05) is 13.0 Å². The number of aliphatic hydroxyl groups excluding tert-OH is 2. The Bertz CT molecular complexity index is 1250. The third-order valence-electron chi connectivity index (χ3n) is 6.35. The van der Waals surface area contributed by atoms with Crippen LogP contribution in [0.2, 0.25) is 0 Å². The molecule has 2 aliphatic rings. The molecule has 1 aliphatic heterocycles. The van der Waals surface area contributed by atoms with Crippen molar-refractivity contribution in [3.8, 4) is 11.5 Å². The van der Waals surface area contributed by atoms with Gasteiger partial charge in [-0.15, -0.1) is 8.78 Å². The van der Waals surface area contributed by atoms with E-state index in [4.69, 9.17) is 0 Å². The number of aromatic nitrogens is 1. The minimum atomic E-state index is -3.70. The van der Waals surface area contributed by atoms with Gasteiger partial charge in [-0.2, -0.15) is 0 Å². The number of halogens is 2. The number of anilines is 1. The van der Waals surface area contributed by atoms with Crippen LogP contribution >= 0.6 is 0 Å². The average molecular weight is 465 g/mol. The molecule has 0 spiro atoms. The largest absolute Gasteiger partial charge is 0.586 e. The van der Waals surface area contributed by atoms with Gasteiger partial charge < -0.3 is 29.6 Å². The molecule has 1 saturated carbocycles. The number of ether oxygens (including phenoxy) is 2. The average Bonchev–Trinajstić information content (AvgIpc) is 3.44. The Morgan fingerprint density at radius 2 is 1.94 bits per heavy atom. The van der Waals surface area contributed by atoms with Gasteiger partial charge in [0.25, 0.3) is 0 Å². The number of aliphatic hydroxyl groups is 2. The van der Waals surface area contributed by atoms with Gasteiger partial charge in [0.2, 0.25) is 5.91 Å². The van der Waals surface area contributed by atoms with E-state index in [0.29, 0.717) is 24.1 Å². The van der Waals surface area contributed by atoms with Crippen LogP contribution in [0.3, 0.4) is 0 Å². The number of alkyl halides is 2. The molecular formula is C24H30F2N2O5. The Morgan fingerprint density at radius 1 is 1.18 bits per heavy atom. The van der Waals surface area contributed by atoms with Crippen molar-refractivity contribution >= 4 is 22.5 Å². The minimum Gasteiger partial charge on any atom is -0.395 e. The van der Waals surface area contributed by atoms with Gasteiger partial charge in [-0.25, -0.2) is 0 Å². The van der Waals surface area contributed by atoms with E-state index in [9.17, 15) is 23.8 Å². The van der Waals surface area contributed by atoms with Crippen molar-refractivity contribution in [2.24, 2.45) is 0 Å². The van der Waals surface area contributed by atoms with E-state index >= 15 is 0 Å². The number of carbonyl (C=O) groups is 1. The van der Waals surface area contributed by atoms with Crippen LogP contribution < -0.4 is 14.8 Å². The molecule has 2 heterocycles. The van der Waals surface area contributed by atoms with Crippen LogP contribution in [0.25, 0.3) is 10.9 Å². The molecule has 0 bridgehead atoms. The highest BCUT2D eigenvalue weighted by Gasteiger charge is 2.52. The van der Waals surface area contributed by atoms with Crippen molar-refractivity contribution in [2.45, 2.75) is 50.5 Å². The van der Waals surface area contributed by atoms with Gasteiger partial charge in [-0.3, -0.25) is 4.79 Å². The standard InChI is InChI=1S/C24H24F2N2O5.3H2/c1-2-17-10-14-9-16(4-5-19(14)28(17)12-18(30)13-29)27-22(31)23(7-8-23)15-3-6-20-21(11-15)33-24(25,26)32-20;;;/h3-6,9-11,18,29-30H,2,7-8,12-13H2,1H3,(H,27,31);3*1H/t18-;;;/m0.../s1. The van der Waals surface area contributed by atoms with Crippen molar-refractivity contribution in [1.29, 1.82) is 0 Å². The first kappa shape index (κ1) is 21.7. The zero-order valence-electron chi connectivity index (χ0n) is 18.0. The monoisotopic (exact) mass is 464 g/mol. The van der Waals surface area contributed by atoms with Gasteiger partial charge in [0.1, 0.15) is 0 Å². The zero-order chi connectivity index (χ0) is 23.4. The third-order valence-corrected chi connectivity index (χ3v) is 6.35. The van der Waals surface area contributed by atoms with Crippen molar-refractivity contribution in [1.82, 2.24) is 4.57 Å². The molecule has 0 saturated heterocycles. The predicted octanol–water partition coefficient (Wildman–Crippen LogP) is 4.29. The van der Waals surface area contributed by atoms with Gasteiger partial charge in [-0.05, 0) is 61.2 Å².